The van der Waals surface area contributed by atoms with Crippen LogP contribution in [0.15, 0.2) is 4.52 Å². The highest BCUT2D eigenvalue weighted by atomic mass is 32.2. The quantitative estimate of drug-likeness (QED) is 0.317. The third kappa shape index (κ3) is 3.09. The van der Waals surface area contributed by atoms with Crippen LogP contribution in [-0.2, 0) is 24.0 Å². The van der Waals surface area contributed by atoms with Gasteiger partial charge in [-0.3, -0.25) is 8.98 Å². The highest BCUT2D eigenvalue weighted by Gasteiger charge is 2.37. The van der Waals surface area contributed by atoms with E-state index in [0.29, 0.717) is 19.3 Å². The lowest BCUT2D eigenvalue weighted by molar-refractivity contribution is -0.147. The number of carbonyl (C=O) groups excluding carboxylic acids is 1. The molecule has 9 heteroatoms. The Hall–Kier alpha value is -1.31. The second kappa shape index (κ2) is 5.15. The molecule has 8 nitrogen and oxygen atoms in total. The van der Waals surface area contributed by atoms with Gasteiger partial charge in [0.2, 0.25) is 0 Å². The zero-order valence-electron chi connectivity index (χ0n) is 8.57. The third-order valence-electron chi connectivity index (χ3n) is 2.34. The summed E-state index contributed by atoms with van der Waals surface area (Å²) in [6, 6.07) is 0. The number of hydrogen-bond donors (Lipinski definition) is 0. The highest BCUT2D eigenvalue weighted by molar-refractivity contribution is 7.85. The van der Waals surface area contributed by atoms with Crippen LogP contribution >= 0.6 is 0 Å². The lowest BCUT2D eigenvalue weighted by Gasteiger charge is -2.15. The molecule has 0 amide bonds. The molecule has 0 bridgehead atoms. The number of hydrogen-bond acceptors (Lipinski definition) is 5. The average Bonchev–Trinajstić information content (AvgIpc) is 2.63. The van der Waals surface area contributed by atoms with Crippen molar-refractivity contribution < 1.29 is 22.1 Å². The second-order valence-corrected chi connectivity index (χ2v) is 4.51. The Balaban J connectivity index is 2.74. The number of esters is 1. The van der Waals surface area contributed by atoms with E-state index in [1.807, 2.05) is 0 Å². The lowest BCUT2D eigenvalue weighted by atomic mass is 10.1. The molecule has 0 N–H and O–H groups in total. The van der Waals surface area contributed by atoms with Gasteiger partial charge in [-0.05, 0) is 24.8 Å². The normalized spacial score (nSPS) is 24.8. The molecule has 2 atom stereocenters. The van der Waals surface area contributed by atoms with Crippen LogP contribution in [0.3, 0.4) is 0 Å². The van der Waals surface area contributed by atoms with Crippen LogP contribution in [0.1, 0.15) is 19.3 Å². The zero-order chi connectivity index (χ0) is 12.2. The fourth-order valence-electron chi connectivity index (χ4n) is 1.68. The largest absolute Gasteiger partial charge is 0.469 e. The Kier molecular flexibility index (Phi) is 4.11. The van der Waals surface area contributed by atoms with Gasteiger partial charge in [-0.1, -0.05) is 0 Å². The summed E-state index contributed by atoms with van der Waals surface area (Å²) in [6.45, 7) is 0. The molecule has 90 valence electrons. The maximum absolute atomic E-state index is 11.3. The predicted molar refractivity (Wildman–Crippen MR) is 52.3 cm³/mol. The molecule has 0 radical (unpaired) electrons. The molecule has 0 saturated heterocycles. The summed E-state index contributed by atoms with van der Waals surface area (Å²) in [5.74, 6) is -1.13. The first-order valence-electron chi connectivity index (χ1n) is 4.57. The molecule has 1 fully saturated rings. The molecule has 0 aliphatic heterocycles. The standard InChI is InChI=1S/C7H11N3O5S/c1-14-7(11)5-3-2-4-6(5)15-16(12,13)10-9-8/h5-6H,2-4H2,1H3. The van der Waals surface area contributed by atoms with Crippen molar-refractivity contribution in [1.82, 2.24) is 0 Å². The first-order valence-corrected chi connectivity index (χ1v) is 5.94. The van der Waals surface area contributed by atoms with E-state index >= 15 is 0 Å². The molecule has 1 rings (SSSR count). The number of rotatable bonds is 4. The summed E-state index contributed by atoms with van der Waals surface area (Å²) in [5.41, 5.74) is 8.00. The summed E-state index contributed by atoms with van der Waals surface area (Å²) in [5, 5.41) is 0. The number of carbonyl (C=O) groups is 1. The van der Waals surface area contributed by atoms with E-state index in [9.17, 15) is 13.2 Å². The van der Waals surface area contributed by atoms with Gasteiger partial charge in [-0.25, -0.2) is 0 Å². The van der Waals surface area contributed by atoms with Crippen molar-refractivity contribution >= 4 is 16.3 Å². The Bertz CT molecular complexity index is 414. The SMILES string of the molecule is COC(=O)C1CCCC1OS(=O)(=O)N=[N+]=[N-]. The van der Waals surface area contributed by atoms with Crippen molar-refractivity contribution in [3.05, 3.63) is 10.4 Å². The van der Waals surface area contributed by atoms with E-state index < -0.39 is 28.3 Å². The highest BCUT2D eigenvalue weighted by Crippen LogP contribution is 2.30. The molecule has 0 aromatic heterocycles. The molecule has 2 unspecified atom stereocenters. The van der Waals surface area contributed by atoms with Crippen molar-refractivity contribution in [2.24, 2.45) is 10.4 Å². The Labute approximate surface area is 92.4 Å². The molecule has 1 aliphatic carbocycles. The number of ether oxygens (including phenoxy) is 1. The molecular formula is C7H11N3O5S. The monoisotopic (exact) mass is 249 g/mol. The van der Waals surface area contributed by atoms with E-state index in [4.69, 9.17) is 5.53 Å². The average molecular weight is 249 g/mol. The summed E-state index contributed by atoms with van der Waals surface area (Å²) in [6.07, 6.45) is 0.780. The van der Waals surface area contributed by atoms with E-state index in [1.165, 1.54) is 7.11 Å². The minimum absolute atomic E-state index is 0.417. The van der Waals surface area contributed by atoms with E-state index in [0.717, 1.165) is 0 Å². The van der Waals surface area contributed by atoms with Gasteiger partial charge in [-0.2, -0.15) is 8.42 Å². The summed E-state index contributed by atoms with van der Waals surface area (Å²) in [4.78, 5) is 13.4. The van der Waals surface area contributed by atoms with Gasteiger partial charge >= 0.3 is 16.3 Å². The predicted octanol–water partition coefficient (Wildman–Crippen LogP) is 0.900. The van der Waals surface area contributed by atoms with Crippen LogP contribution in [0.2, 0.25) is 0 Å². The summed E-state index contributed by atoms with van der Waals surface area (Å²) >= 11 is 0. The molecule has 1 aliphatic rings. The van der Waals surface area contributed by atoms with Gasteiger partial charge < -0.3 is 4.74 Å². The van der Waals surface area contributed by atoms with Crippen molar-refractivity contribution in [3.8, 4) is 0 Å². The van der Waals surface area contributed by atoms with Crippen LogP contribution in [0, 0.1) is 5.92 Å². The van der Waals surface area contributed by atoms with Gasteiger partial charge in [0.1, 0.15) is 0 Å². The molecule has 0 spiro atoms. The van der Waals surface area contributed by atoms with Gasteiger partial charge in [0.25, 0.3) is 0 Å². The smallest absolute Gasteiger partial charge is 0.358 e. The van der Waals surface area contributed by atoms with Crippen LogP contribution in [0.5, 0.6) is 0 Å². The second-order valence-electron chi connectivity index (χ2n) is 3.29. The number of methoxy groups -OCH3 is 1. The maximum Gasteiger partial charge on any atom is 0.358 e. The number of nitrogens with zero attached hydrogens (tertiary/aromatic N) is 3. The molecule has 0 aromatic rings. The van der Waals surface area contributed by atoms with Gasteiger partial charge in [0, 0.05) is 4.91 Å². The molecule has 0 heterocycles. The van der Waals surface area contributed by atoms with Crippen LogP contribution in [0.4, 0.5) is 0 Å². The molecule has 1 saturated carbocycles. The van der Waals surface area contributed by atoms with Gasteiger partial charge in [0.15, 0.2) is 0 Å². The van der Waals surface area contributed by atoms with Crippen molar-refractivity contribution in [2.45, 2.75) is 25.4 Å². The summed E-state index contributed by atoms with van der Waals surface area (Å²) < 4.78 is 33.8. The Morgan fingerprint density at radius 2 is 2.19 bits per heavy atom. The molecular weight excluding hydrogens is 238 g/mol. The van der Waals surface area contributed by atoms with E-state index in [-0.39, 0.29) is 0 Å². The topological polar surface area (TPSA) is 118 Å². The van der Waals surface area contributed by atoms with E-state index in [1.54, 1.807) is 0 Å². The van der Waals surface area contributed by atoms with Gasteiger partial charge in [-0.15, -0.1) is 0 Å². The van der Waals surface area contributed by atoms with E-state index in [2.05, 4.69) is 18.4 Å². The van der Waals surface area contributed by atoms with Gasteiger partial charge in [0.05, 0.1) is 23.7 Å². The fraction of sp³-hybridized carbons (Fsp3) is 0.857. The van der Waals surface area contributed by atoms with Crippen molar-refractivity contribution in [1.29, 1.82) is 0 Å². The maximum atomic E-state index is 11.3. The minimum atomic E-state index is -4.29. The fourth-order valence-corrected chi connectivity index (χ4v) is 2.35. The minimum Gasteiger partial charge on any atom is -0.469 e. The molecule has 0 aromatic carbocycles. The zero-order valence-corrected chi connectivity index (χ0v) is 9.38. The first kappa shape index (κ1) is 12.8. The Morgan fingerprint density at radius 3 is 2.75 bits per heavy atom. The lowest BCUT2D eigenvalue weighted by Crippen LogP contribution is -2.28. The van der Waals surface area contributed by atoms with Crippen LogP contribution in [0.25, 0.3) is 10.4 Å². The Morgan fingerprint density at radius 1 is 1.50 bits per heavy atom. The third-order valence-corrected chi connectivity index (χ3v) is 3.10. The number of azide groups is 1. The van der Waals surface area contributed by atoms with Crippen molar-refractivity contribution in [2.75, 3.05) is 7.11 Å². The summed E-state index contributed by atoms with van der Waals surface area (Å²) in [7, 11) is -3.07. The van der Waals surface area contributed by atoms with Crippen LogP contribution < -0.4 is 0 Å². The molecule has 16 heavy (non-hydrogen) atoms. The first-order chi connectivity index (χ1) is 7.50. The van der Waals surface area contributed by atoms with Crippen LogP contribution in [-0.4, -0.2) is 27.6 Å². The van der Waals surface area contributed by atoms with Crippen molar-refractivity contribution in [3.63, 3.8) is 0 Å².